The zero-order valence-corrected chi connectivity index (χ0v) is 8.72. The van der Waals surface area contributed by atoms with Crippen molar-refractivity contribution in [2.24, 2.45) is 0 Å². The maximum absolute atomic E-state index is 12.0. The maximum Gasteiger partial charge on any atom is 0.415 e. The van der Waals surface area contributed by atoms with Gasteiger partial charge in [-0.25, -0.2) is 0 Å². The summed E-state index contributed by atoms with van der Waals surface area (Å²) in [7, 11) is 1.94. The van der Waals surface area contributed by atoms with Crippen molar-refractivity contribution in [3.8, 4) is 0 Å². The third kappa shape index (κ3) is 4.36. The number of halogens is 3. The van der Waals surface area contributed by atoms with E-state index >= 15 is 0 Å². The van der Waals surface area contributed by atoms with Crippen LogP contribution in [0.2, 0.25) is 0 Å². The topological polar surface area (TPSA) is 35.5 Å². The Balaban J connectivity index is 2.24. The van der Waals surface area contributed by atoms with Crippen LogP contribution >= 0.6 is 0 Å². The molecule has 0 bridgehead atoms. The standard InChI is InChI=1S/C9H17F3N2O/c1-14-4-2-3-7(6-14)13-5-8(15)9(10,11)12/h7-8,13,15H,2-6H2,1H3. The van der Waals surface area contributed by atoms with Crippen LogP contribution in [0, 0.1) is 0 Å². The van der Waals surface area contributed by atoms with Crippen molar-refractivity contribution in [1.82, 2.24) is 10.2 Å². The Bertz CT molecular complexity index is 198. The third-order valence-electron chi connectivity index (χ3n) is 2.60. The van der Waals surface area contributed by atoms with Gasteiger partial charge in [0.2, 0.25) is 0 Å². The van der Waals surface area contributed by atoms with Gasteiger partial charge in [-0.05, 0) is 26.4 Å². The molecule has 1 rings (SSSR count). The number of likely N-dealkylation sites (tertiary alicyclic amines) is 1. The van der Waals surface area contributed by atoms with Gasteiger partial charge in [-0.2, -0.15) is 13.2 Å². The summed E-state index contributed by atoms with van der Waals surface area (Å²) in [5, 5.41) is 11.5. The van der Waals surface area contributed by atoms with Gasteiger partial charge in [0.25, 0.3) is 0 Å². The average Bonchev–Trinajstić information content (AvgIpc) is 2.12. The molecule has 0 saturated carbocycles. The molecule has 2 atom stereocenters. The van der Waals surface area contributed by atoms with Crippen molar-refractivity contribution in [3.05, 3.63) is 0 Å². The van der Waals surface area contributed by atoms with Crippen LogP contribution in [0.4, 0.5) is 13.2 Å². The number of hydrogen-bond donors (Lipinski definition) is 2. The lowest BCUT2D eigenvalue weighted by atomic mass is 10.1. The number of nitrogens with zero attached hydrogens (tertiary/aromatic N) is 1. The van der Waals surface area contributed by atoms with E-state index in [0.717, 1.165) is 25.9 Å². The number of aliphatic hydroxyl groups excluding tert-OH is 1. The van der Waals surface area contributed by atoms with E-state index in [4.69, 9.17) is 5.11 Å². The van der Waals surface area contributed by atoms with Crippen LogP contribution in [-0.4, -0.2) is 55.0 Å². The van der Waals surface area contributed by atoms with Crippen LogP contribution in [0.5, 0.6) is 0 Å². The molecule has 1 aliphatic heterocycles. The Hall–Kier alpha value is -0.330. The first-order valence-corrected chi connectivity index (χ1v) is 5.06. The van der Waals surface area contributed by atoms with Gasteiger partial charge < -0.3 is 15.3 Å². The minimum atomic E-state index is -4.52. The van der Waals surface area contributed by atoms with E-state index in [-0.39, 0.29) is 6.04 Å². The molecule has 2 N–H and O–H groups in total. The molecule has 1 saturated heterocycles. The smallest absolute Gasteiger partial charge is 0.382 e. The van der Waals surface area contributed by atoms with Crippen LogP contribution in [0.15, 0.2) is 0 Å². The monoisotopic (exact) mass is 226 g/mol. The van der Waals surface area contributed by atoms with Crippen LogP contribution in [0.25, 0.3) is 0 Å². The molecule has 0 aromatic carbocycles. The summed E-state index contributed by atoms with van der Waals surface area (Å²) >= 11 is 0. The number of aliphatic hydroxyl groups is 1. The van der Waals surface area contributed by atoms with E-state index in [1.165, 1.54) is 0 Å². The molecular weight excluding hydrogens is 209 g/mol. The maximum atomic E-state index is 12.0. The van der Waals surface area contributed by atoms with E-state index in [1.807, 2.05) is 7.05 Å². The summed E-state index contributed by atoms with van der Waals surface area (Å²) < 4.78 is 35.9. The molecule has 0 spiro atoms. The minimum Gasteiger partial charge on any atom is -0.382 e. The predicted octanol–water partition coefficient (Wildman–Crippen LogP) is 0.593. The average molecular weight is 226 g/mol. The molecule has 6 heteroatoms. The molecular formula is C9H17F3N2O. The van der Waals surface area contributed by atoms with Crippen LogP contribution < -0.4 is 5.32 Å². The van der Waals surface area contributed by atoms with E-state index < -0.39 is 18.8 Å². The van der Waals surface area contributed by atoms with Gasteiger partial charge >= 0.3 is 6.18 Å². The first-order valence-electron chi connectivity index (χ1n) is 5.06. The number of piperidine rings is 1. The van der Waals surface area contributed by atoms with Gasteiger partial charge in [-0.15, -0.1) is 0 Å². The Kier molecular flexibility index (Phi) is 4.36. The lowest BCUT2D eigenvalue weighted by Crippen LogP contribution is -2.48. The number of rotatable bonds is 3. The molecule has 0 aromatic heterocycles. The summed E-state index contributed by atoms with van der Waals surface area (Å²) in [6.45, 7) is 1.31. The van der Waals surface area contributed by atoms with E-state index in [1.54, 1.807) is 0 Å². The Morgan fingerprint density at radius 3 is 2.73 bits per heavy atom. The number of nitrogens with one attached hydrogen (secondary N) is 1. The second-order valence-corrected chi connectivity index (χ2v) is 4.07. The fourth-order valence-corrected chi connectivity index (χ4v) is 1.73. The molecule has 15 heavy (non-hydrogen) atoms. The van der Waals surface area contributed by atoms with E-state index in [9.17, 15) is 13.2 Å². The van der Waals surface area contributed by atoms with Crippen molar-refractivity contribution in [3.63, 3.8) is 0 Å². The molecule has 1 heterocycles. The summed E-state index contributed by atoms with van der Waals surface area (Å²) in [6.07, 6.45) is -4.93. The molecule has 0 aliphatic carbocycles. The van der Waals surface area contributed by atoms with Gasteiger partial charge in [0, 0.05) is 19.1 Å². The van der Waals surface area contributed by atoms with Crippen molar-refractivity contribution >= 4 is 0 Å². The molecule has 90 valence electrons. The highest BCUT2D eigenvalue weighted by atomic mass is 19.4. The Morgan fingerprint density at radius 2 is 2.20 bits per heavy atom. The third-order valence-corrected chi connectivity index (χ3v) is 2.60. The lowest BCUT2D eigenvalue weighted by molar-refractivity contribution is -0.202. The summed E-state index contributed by atoms with van der Waals surface area (Å²) in [4.78, 5) is 2.07. The van der Waals surface area contributed by atoms with Crippen molar-refractivity contribution < 1.29 is 18.3 Å². The Morgan fingerprint density at radius 1 is 1.53 bits per heavy atom. The van der Waals surface area contributed by atoms with Crippen molar-refractivity contribution in [1.29, 1.82) is 0 Å². The summed E-state index contributed by atoms with van der Waals surface area (Å²) in [5.74, 6) is 0. The highest BCUT2D eigenvalue weighted by Gasteiger charge is 2.38. The molecule has 1 aliphatic rings. The largest absolute Gasteiger partial charge is 0.415 e. The highest BCUT2D eigenvalue weighted by Crippen LogP contribution is 2.19. The molecule has 0 radical (unpaired) electrons. The van der Waals surface area contributed by atoms with Crippen LogP contribution in [0.3, 0.4) is 0 Å². The molecule has 2 unspecified atom stereocenters. The van der Waals surface area contributed by atoms with Crippen molar-refractivity contribution in [2.75, 3.05) is 26.7 Å². The second kappa shape index (κ2) is 5.14. The number of alkyl halides is 3. The fourth-order valence-electron chi connectivity index (χ4n) is 1.73. The quantitative estimate of drug-likeness (QED) is 0.739. The number of likely N-dealkylation sites (N-methyl/N-ethyl adjacent to an activating group) is 1. The molecule has 0 aromatic rings. The zero-order valence-electron chi connectivity index (χ0n) is 8.72. The molecule has 1 fully saturated rings. The van der Waals surface area contributed by atoms with Crippen molar-refractivity contribution in [2.45, 2.75) is 31.2 Å². The predicted molar refractivity (Wildman–Crippen MR) is 50.6 cm³/mol. The van der Waals surface area contributed by atoms with Gasteiger partial charge in [0.05, 0.1) is 0 Å². The Labute approximate surface area is 87.3 Å². The first kappa shape index (κ1) is 12.7. The molecule has 3 nitrogen and oxygen atoms in total. The minimum absolute atomic E-state index is 0.0562. The van der Waals surface area contributed by atoms with Crippen LogP contribution in [-0.2, 0) is 0 Å². The number of hydrogen-bond acceptors (Lipinski definition) is 3. The first-order chi connectivity index (χ1) is 6.89. The highest BCUT2D eigenvalue weighted by molar-refractivity contribution is 4.78. The zero-order chi connectivity index (χ0) is 11.5. The fraction of sp³-hybridized carbons (Fsp3) is 1.00. The SMILES string of the molecule is CN1CCCC(NCC(O)C(F)(F)F)C1. The normalized spacial score (nSPS) is 26.6. The van der Waals surface area contributed by atoms with Gasteiger partial charge in [-0.1, -0.05) is 0 Å². The molecule has 0 amide bonds. The van der Waals surface area contributed by atoms with Gasteiger partial charge in [0.1, 0.15) is 0 Å². The van der Waals surface area contributed by atoms with Gasteiger partial charge in [-0.3, -0.25) is 0 Å². The van der Waals surface area contributed by atoms with Crippen LogP contribution in [0.1, 0.15) is 12.8 Å². The lowest BCUT2D eigenvalue weighted by Gasteiger charge is -2.31. The summed E-state index contributed by atoms with van der Waals surface area (Å²) in [6, 6.07) is 0.0562. The van der Waals surface area contributed by atoms with E-state index in [2.05, 4.69) is 10.2 Å². The van der Waals surface area contributed by atoms with E-state index in [0.29, 0.717) is 0 Å². The van der Waals surface area contributed by atoms with Gasteiger partial charge in [0.15, 0.2) is 6.10 Å². The second-order valence-electron chi connectivity index (χ2n) is 4.07. The summed E-state index contributed by atoms with van der Waals surface area (Å²) in [5.41, 5.74) is 0.